The van der Waals surface area contributed by atoms with E-state index in [1.165, 1.54) is 12.6 Å². The van der Waals surface area contributed by atoms with Crippen molar-refractivity contribution in [1.82, 2.24) is 0 Å². The second kappa shape index (κ2) is 2.11. The Hall–Kier alpha value is -0.610. The molecule has 2 N–H and O–H groups in total. The van der Waals surface area contributed by atoms with Crippen LogP contribution in [0.1, 0.15) is 0 Å². The summed E-state index contributed by atoms with van der Waals surface area (Å²) in [6, 6.07) is 0. The molecule has 0 saturated heterocycles. The first-order valence-corrected chi connectivity index (χ1v) is 2.56. The summed E-state index contributed by atoms with van der Waals surface area (Å²) in [6.07, 6.45) is 2.59. The molecule has 1 atom stereocenters. The van der Waals surface area contributed by atoms with Gasteiger partial charge in [-0.3, -0.25) is 0 Å². The van der Waals surface area contributed by atoms with Crippen LogP contribution in [0.3, 0.4) is 0 Å². The Morgan fingerprint density at radius 3 is 2.88 bits per heavy atom. The molecule has 0 aromatic carbocycles. The fourth-order valence-electron chi connectivity index (χ4n) is 0.367. The van der Waals surface area contributed by atoms with Gasteiger partial charge in [0.1, 0.15) is 12.5 Å². The van der Waals surface area contributed by atoms with E-state index in [0.717, 1.165) is 0 Å². The lowest BCUT2D eigenvalue weighted by Gasteiger charge is -2.04. The molecule has 0 radical (unpaired) electrons. The molecule has 1 aliphatic rings. The van der Waals surface area contributed by atoms with Gasteiger partial charge < -0.3 is 5.73 Å². The summed E-state index contributed by atoms with van der Waals surface area (Å²) in [7, 11) is 0. The first-order chi connectivity index (χ1) is 3.80. The van der Waals surface area contributed by atoms with Crippen molar-refractivity contribution >= 4 is 29.6 Å². The van der Waals surface area contributed by atoms with Gasteiger partial charge in [-0.2, -0.15) is 0 Å². The van der Waals surface area contributed by atoms with E-state index in [9.17, 15) is 0 Å². The Bertz CT molecular complexity index is 161. The standard InChI is InChI=1S/C4H5N3S/c5-4-3(8)1-6-2-7-4/h1-2,4H,5H2. The zero-order valence-electron chi connectivity index (χ0n) is 4.11. The molecule has 1 aliphatic heterocycles. The highest BCUT2D eigenvalue weighted by atomic mass is 32.1. The van der Waals surface area contributed by atoms with Crippen LogP contribution >= 0.6 is 12.2 Å². The van der Waals surface area contributed by atoms with Crippen LogP contribution in [-0.4, -0.2) is 23.6 Å². The molecule has 8 heavy (non-hydrogen) atoms. The van der Waals surface area contributed by atoms with Crippen molar-refractivity contribution in [3.05, 3.63) is 0 Å². The number of thiocarbonyl (C=S) groups is 1. The molecular formula is C4H5N3S. The molecule has 0 aliphatic carbocycles. The topological polar surface area (TPSA) is 50.7 Å². The number of nitrogens with two attached hydrogens (primary N) is 1. The Morgan fingerprint density at radius 2 is 2.50 bits per heavy atom. The number of aliphatic imine (C=N–C) groups is 2. The van der Waals surface area contributed by atoms with E-state index in [2.05, 4.69) is 9.98 Å². The van der Waals surface area contributed by atoms with E-state index in [4.69, 9.17) is 18.0 Å². The van der Waals surface area contributed by atoms with Crippen molar-refractivity contribution in [2.75, 3.05) is 0 Å². The number of rotatable bonds is 0. The van der Waals surface area contributed by atoms with E-state index in [-0.39, 0.29) is 6.17 Å². The quantitative estimate of drug-likeness (QED) is 0.456. The summed E-state index contributed by atoms with van der Waals surface area (Å²) in [4.78, 5) is 7.99. The minimum Gasteiger partial charge on any atom is -0.305 e. The van der Waals surface area contributed by atoms with Gasteiger partial charge >= 0.3 is 0 Å². The summed E-state index contributed by atoms with van der Waals surface area (Å²) in [5.41, 5.74) is 5.35. The molecule has 1 unspecified atom stereocenters. The smallest absolute Gasteiger partial charge is 0.136 e. The highest BCUT2D eigenvalue weighted by molar-refractivity contribution is 7.82. The lowest BCUT2D eigenvalue weighted by molar-refractivity contribution is 0.944. The molecule has 0 aromatic rings. The second-order valence-electron chi connectivity index (χ2n) is 1.39. The van der Waals surface area contributed by atoms with Crippen LogP contribution in [0.25, 0.3) is 0 Å². The van der Waals surface area contributed by atoms with Gasteiger partial charge in [-0.15, -0.1) is 0 Å². The van der Waals surface area contributed by atoms with Crippen molar-refractivity contribution in [1.29, 1.82) is 0 Å². The van der Waals surface area contributed by atoms with E-state index in [1.807, 2.05) is 0 Å². The van der Waals surface area contributed by atoms with E-state index < -0.39 is 0 Å². The van der Waals surface area contributed by atoms with Crippen LogP contribution in [0.2, 0.25) is 0 Å². The molecule has 0 spiro atoms. The third-order valence-electron chi connectivity index (χ3n) is 0.787. The maximum atomic E-state index is 5.35. The van der Waals surface area contributed by atoms with E-state index in [0.29, 0.717) is 4.86 Å². The monoisotopic (exact) mass is 127 g/mol. The molecule has 4 heteroatoms. The highest BCUT2D eigenvalue weighted by Gasteiger charge is 2.04. The maximum Gasteiger partial charge on any atom is 0.136 e. The molecule has 0 fully saturated rings. The van der Waals surface area contributed by atoms with Crippen LogP contribution in [-0.2, 0) is 0 Å². The Balaban J connectivity index is 2.74. The van der Waals surface area contributed by atoms with E-state index >= 15 is 0 Å². The number of nitrogens with zero attached hydrogens (tertiary/aromatic N) is 2. The minimum absolute atomic E-state index is 0.345. The minimum atomic E-state index is -0.345. The maximum absolute atomic E-state index is 5.35. The Labute approximate surface area is 52.3 Å². The van der Waals surface area contributed by atoms with Crippen molar-refractivity contribution < 1.29 is 0 Å². The van der Waals surface area contributed by atoms with Crippen LogP contribution in [0.15, 0.2) is 9.98 Å². The Morgan fingerprint density at radius 1 is 1.75 bits per heavy atom. The van der Waals surface area contributed by atoms with Crippen LogP contribution in [0.5, 0.6) is 0 Å². The summed E-state index contributed by atoms with van der Waals surface area (Å²) in [5.74, 6) is 0. The zero-order valence-corrected chi connectivity index (χ0v) is 4.93. The summed E-state index contributed by atoms with van der Waals surface area (Å²) >= 11 is 4.74. The van der Waals surface area contributed by atoms with E-state index in [1.54, 1.807) is 0 Å². The molecule has 0 bridgehead atoms. The average Bonchev–Trinajstić information content (AvgIpc) is 1.77. The molecule has 0 amide bonds. The fraction of sp³-hybridized carbons (Fsp3) is 0.250. The molecule has 1 heterocycles. The summed E-state index contributed by atoms with van der Waals surface area (Å²) < 4.78 is 0. The second-order valence-corrected chi connectivity index (χ2v) is 1.86. The first kappa shape index (κ1) is 5.53. The Kier molecular flexibility index (Phi) is 1.45. The number of hydrogen-bond donors (Lipinski definition) is 1. The van der Waals surface area contributed by atoms with Gasteiger partial charge in [-0.05, 0) is 0 Å². The third kappa shape index (κ3) is 0.962. The zero-order chi connectivity index (χ0) is 5.98. The van der Waals surface area contributed by atoms with Crippen LogP contribution in [0.4, 0.5) is 0 Å². The van der Waals surface area contributed by atoms with Crippen molar-refractivity contribution in [2.45, 2.75) is 6.17 Å². The lowest BCUT2D eigenvalue weighted by Crippen LogP contribution is -2.29. The van der Waals surface area contributed by atoms with Gasteiger partial charge in [0, 0.05) is 6.21 Å². The predicted molar refractivity (Wildman–Crippen MR) is 37.6 cm³/mol. The van der Waals surface area contributed by atoms with Crippen molar-refractivity contribution in [3.63, 3.8) is 0 Å². The molecule has 42 valence electrons. The van der Waals surface area contributed by atoms with Gasteiger partial charge in [0.05, 0.1) is 4.86 Å². The average molecular weight is 127 g/mol. The third-order valence-corrected chi connectivity index (χ3v) is 1.13. The predicted octanol–water partition coefficient (Wildman–Crippen LogP) is -0.246. The highest BCUT2D eigenvalue weighted by Crippen LogP contribution is 1.88. The molecule has 0 aromatic heterocycles. The molecule has 3 nitrogen and oxygen atoms in total. The van der Waals surface area contributed by atoms with Crippen LogP contribution in [0, 0.1) is 0 Å². The van der Waals surface area contributed by atoms with Gasteiger partial charge in [-0.1, -0.05) is 12.2 Å². The SMILES string of the molecule is NC1N=CN=CC1=S. The van der Waals surface area contributed by atoms with Crippen molar-refractivity contribution in [2.24, 2.45) is 15.7 Å². The molecule has 1 rings (SSSR count). The molecule has 0 saturated carbocycles. The van der Waals surface area contributed by atoms with Gasteiger partial charge in [0.25, 0.3) is 0 Å². The normalized spacial score (nSPS) is 26.6. The van der Waals surface area contributed by atoms with Gasteiger partial charge in [0.2, 0.25) is 0 Å². The van der Waals surface area contributed by atoms with Gasteiger partial charge in [0.15, 0.2) is 0 Å². The number of hydrogen-bond acceptors (Lipinski definition) is 4. The molecular weight excluding hydrogens is 122 g/mol. The first-order valence-electron chi connectivity index (χ1n) is 2.15. The van der Waals surface area contributed by atoms with Crippen molar-refractivity contribution in [3.8, 4) is 0 Å². The van der Waals surface area contributed by atoms with Gasteiger partial charge in [-0.25, -0.2) is 9.98 Å². The summed E-state index contributed by atoms with van der Waals surface area (Å²) in [5, 5.41) is 0. The largest absolute Gasteiger partial charge is 0.305 e. The summed E-state index contributed by atoms with van der Waals surface area (Å²) in [6.45, 7) is 0. The lowest BCUT2D eigenvalue weighted by atomic mass is 10.4. The fourth-order valence-corrected chi connectivity index (χ4v) is 0.489. The van der Waals surface area contributed by atoms with Crippen LogP contribution < -0.4 is 5.73 Å².